The van der Waals surface area contributed by atoms with E-state index in [9.17, 15) is 0 Å². The summed E-state index contributed by atoms with van der Waals surface area (Å²) in [7, 11) is 3.34. The molecule has 0 aromatic heterocycles. The van der Waals surface area contributed by atoms with E-state index < -0.39 is 0 Å². The van der Waals surface area contributed by atoms with Gasteiger partial charge in [0, 0.05) is 32.7 Å². The van der Waals surface area contributed by atoms with E-state index in [2.05, 4.69) is 13.5 Å². The summed E-state index contributed by atoms with van der Waals surface area (Å²) in [6.07, 6.45) is 5.48. The molecular weight excluding hydrogens is 204 g/mol. The first-order valence-corrected chi connectivity index (χ1v) is 5.58. The van der Waals surface area contributed by atoms with Crippen LogP contribution < -0.4 is 0 Å². The smallest absolute Gasteiger partial charge is 0.0805 e. The van der Waals surface area contributed by atoms with Gasteiger partial charge in [0.1, 0.15) is 0 Å². The lowest BCUT2D eigenvalue weighted by molar-refractivity contribution is -0.0437. The quantitative estimate of drug-likeness (QED) is 0.646. The lowest BCUT2D eigenvalue weighted by Crippen LogP contribution is -2.37. The Hall–Kier alpha value is -0.640. The van der Waals surface area contributed by atoms with Crippen molar-refractivity contribution < 1.29 is 14.6 Å². The van der Waals surface area contributed by atoms with Crippen LogP contribution in [0.5, 0.6) is 0 Å². The molecule has 94 valence electrons. The second-order valence-corrected chi connectivity index (χ2v) is 4.04. The Morgan fingerprint density at radius 1 is 1.25 bits per heavy atom. The van der Waals surface area contributed by atoms with Gasteiger partial charge in [0.25, 0.3) is 0 Å². The molecule has 0 aromatic carbocycles. The van der Waals surface area contributed by atoms with Crippen LogP contribution in [0, 0.1) is 11.8 Å². The van der Waals surface area contributed by atoms with Crippen molar-refractivity contribution in [3.8, 4) is 0 Å². The fourth-order valence-corrected chi connectivity index (χ4v) is 1.91. The van der Waals surface area contributed by atoms with Gasteiger partial charge in [-0.3, -0.25) is 0 Å². The molecule has 0 aliphatic heterocycles. The molecule has 16 heavy (non-hydrogen) atoms. The second kappa shape index (κ2) is 8.50. The highest BCUT2D eigenvalue weighted by molar-refractivity contribution is 5.03. The van der Waals surface area contributed by atoms with Crippen molar-refractivity contribution in [2.45, 2.75) is 26.1 Å². The lowest BCUT2D eigenvalue weighted by atomic mass is 9.89. The molecule has 0 aliphatic carbocycles. The molecule has 0 radical (unpaired) electrons. The minimum Gasteiger partial charge on any atom is -0.396 e. The number of aliphatic hydroxyl groups excluding tert-OH is 1. The van der Waals surface area contributed by atoms with E-state index in [4.69, 9.17) is 14.6 Å². The molecule has 3 heteroatoms. The first-order chi connectivity index (χ1) is 7.62. The van der Waals surface area contributed by atoms with Crippen molar-refractivity contribution in [2.75, 3.05) is 20.8 Å². The van der Waals surface area contributed by atoms with Crippen LogP contribution in [-0.2, 0) is 9.47 Å². The average molecular weight is 228 g/mol. The predicted molar refractivity (Wildman–Crippen MR) is 66.3 cm³/mol. The zero-order valence-electron chi connectivity index (χ0n) is 10.7. The molecule has 0 bridgehead atoms. The van der Waals surface area contributed by atoms with Crippen molar-refractivity contribution in [1.82, 2.24) is 0 Å². The normalized spacial score (nSPS) is 19.3. The highest BCUT2D eigenvalue weighted by Gasteiger charge is 2.28. The minimum atomic E-state index is -0.0306. The molecule has 4 atom stereocenters. The number of methoxy groups -OCH3 is 2. The van der Waals surface area contributed by atoms with E-state index in [-0.39, 0.29) is 30.7 Å². The van der Waals surface area contributed by atoms with Gasteiger partial charge in [-0.05, 0) is 0 Å². The van der Waals surface area contributed by atoms with Crippen molar-refractivity contribution in [2.24, 2.45) is 11.8 Å². The summed E-state index contributed by atoms with van der Waals surface area (Å²) in [6, 6.07) is 0. The molecule has 0 heterocycles. The SMILES string of the molecule is C=CC=C[C@H](OC)[C@H](C)[C@@H](OC)[C@@H](C)CO. The lowest BCUT2D eigenvalue weighted by Gasteiger charge is -2.31. The van der Waals surface area contributed by atoms with Gasteiger partial charge < -0.3 is 14.6 Å². The summed E-state index contributed by atoms with van der Waals surface area (Å²) >= 11 is 0. The fraction of sp³-hybridized carbons (Fsp3) is 0.692. The van der Waals surface area contributed by atoms with Crippen LogP contribution in [0.2, 0.25) is 0 Å². The van der Waals surface area contributed by atoms with Crippen LogP contribution in [0.3, 0.4) is 0 Å². The van der Waals surface area contributed by atoms with Gasteiger partial charge in [-0.15, -0.1) is 0 Å². The molecule has 0 rings (SSSR count). The van der Waals surface area contributed by atoms with Gasteiger partial charge in [-0.25, -0.2) is 0 Å². The maximum absolute atomic E-state index is 9.16. The van der Waals surface area contributed by atoms with E-state index >= 15 is 0 Å². The van der Waals surface area contributed by atoms with Crippen LogP contribution in [0.4, 0.5) is 0 Å². The molecule has 0 saturated heterocycles. The Labute approximate surface area is 98.8 Å². The van der Waals surface area contributed by atoms with E-state index in [0.29, 0.717) is 0 Å². The van der Waals surface area contributed by atoms with Crippen molar-refractivity contribution in [3.63, 3.8) is 0 Å². The number of rotatable bonds is 8. The number of allylic oxidation sites excluding steroid dienone is 2. The zero-order chi connectivity index (χ0) is 12.6. The summed E-state index contributed by atoms with van der Waals surface area (Å²) < 4.78 is 10.8. The highest BCUT2D eigenvalue weighted by atomic mass is 16.5. The van der Waals surface area contributed by atoms with Crippen LogP contribution in [0.25, 0.3) is 0 Å². The van der Waals surface area contributed by atoms with Gasteiger partial charge >= 0.3 is 0 Å². The molecule has 0 saturated carbocycles. The predicted octanol–water partition coefficient (Wildman–Crippen LogP) is 2.02. The number of aliphatic hydroxyl groups is 1. The molecule has 1 N–H and O–H groups in total. The average Bonchev–Trinajstić information content (AvgIpc) is 2.30. The van der Waals surface area contributed by atoms with E-state index in [1.165, 1.54) is 0 Å². The Morgan fingerprint density at radius 3 is 2.25 bits per heavy atom. The second-order valence-electron chi connectivity index (χ2n) is 4.04. The first kappa shape index (κ1) is 15.4. The van der Waals surface area contributed by atoms with Gasteiger partial charge in [0.05, 0.1) is 12.2 Å². The zero-order valence-corrected chi connectivity index (χ0v) is 10.7. The van der Waals surface area contributed by atoms with Crippen LogP contribution in [0.15, 0.2) is 24.8 Å². The van der Waals surface area contributed by atoms with E-state index in [1.54, 1.807) is 20.3 Å². The third-order valence-corrected chi connectivity index (χ3v) is 2.87. The Kier molecular flexibility index (Phi) is 8.16. The van der Waals surface area contributed by atoms with E-state index in [0.717, 1.165) is 0 Å². The largest absolute Gasteiger partial charge is 0.396 e. The molecule has 0 aliphatic rings. The Bertz CT molecular complexity index is 213. The van der Waals surface area contributed by atoms with Gasteiger partial charge in [0.2, 0.25) is 0 Å². The summed E-state index contributed by atoms with van der Waals surface area (Å²) in [4.78, 5) is 0. The maximum atomic E-state index is 9.16. The van der Waals surface area contributed by atoms with Crippen molar-refractivity contribution in [1.29, 1.82) is 0 Å². The standard InChI is InChI=1S/C13H24O3/c1-6-7-8-12(15-4)11(3)13(16-5)10(2)9-14/h6-8,10-14H,1,9H2,2-5H3/t10-,11-,12-,13-/m0/s1. The Morgan fingerprint density at radius 2 is 1.88 bits per heavy atom. The molecular formula is C13H24O3. The fourth-order valence-electron chi connectivity index (χ4n) is 1.91. The summed E-state index contributed by atoms with van der Waals surface area (Å²) in [5, 5.41) is 9.16. The maximum Gasteiger partial charge on any atom is 0.0805 e. The Balaban J connectivity index is 4.61. The van der Waals surface area contributed by atoms with Gasteiger partial charge in [-0.1, -0.05) is 38.7 Å². The molecule has 0 spiro atoms. The van der Waals surface area contributed by atoms with Gasteiger partial charge in [0.15, 0.2) is 0 Å². The van der Waals surface area contributed by atoms with Crippen LogP contribution in [-0.4, -0.2) is 38.1 Å². The summed E-state index contributed by atoms with van der Waals surface area (Å²) in [5.41, 5.74) is 0. The number of hydrogen-bond acceptors (Lipinski definition) is 3. The first-order valence-electron chi connectivity index (χ1n) is 5.58. The van der Waals surface area contributed by atoms with Crippen LogP contribution in [0.1, 0.15) is 13.8 Å². The minimum absolute atomic E-state index is 0.0237. The van der Waals surface area contributed by atoms with Gasteiger partial charge in [-0.2, -0.15) is 0 Å². The van der Waals surface area contributed by atoms with Crippen molar-refractivity contribution >= 4 is 0 Å². The summed E-state index contributed by atoms with van der Waals surface area (Å²) in [5.74, 6) is 0.267. The number of hydrogen-bond donors (Lipinski definition) is 1. The highest BCUT2D eigenvalue weighted by Crippen LogP contribution is 2.21. The third-order valence-electron chi connectivity index (χ3n) is 2.87. The monoisotopic (exact) mass is 228 g/mol. The number of ether oxygens (including phenoxy) is 2. The molecule has 0 unspecified atom stereocenters. The topological polar surface area (TPSA) is 38.7 Å². The molecule has 0 fully saturated rings. The molecule has 0 aromatic rings. The molecule has 0 amide bonds. The van der Waals surface area contributed by atoms with Crippen molar-refractivity contribution in [3.05, 3.63) is 24.8 Å². The summed E-state index contributed by atoms with van der Waals surface area (Å²) in [6.45, 7) is 7.77. The van der Waals surface area contributed by atoms with E-state index in [1.807, 2.05) is 19.1 Å². The van der Waals surface area contributed by atoms with Crippen LogP contribution >= 0.6 is 0 Å². The third kappa shape index (κ3) is 4.47. The molecule has 3 nitrogen and oxygen atoms in total.